The van der Waals surface area contributed by atoms with Crippen molar-refractivity contribution in [3.05, 3.63) is 29.6 Å². The average Bonchev–Trinajstić information content (AvgIpc) is 2.15. The fourth-order valence-electron chi connectivity index (χ4n) is 1.30. The summed E-state index contributed by atoms with van der Waals surface area (Å²) in [6.07, 6.45) is 3.15. The maximum Gasteiger partial charge on any atom is 0.0372 e. The van der Waals surface area contributed by atoms with E-state index in [1.54, 1.807) is 0 Å². The van der Waals surface area contributed by atoms with Gasteiger partial charge in [0.05, 0.1) is 0 Å². The second-order valence-electron chi connectivity index (χ2n) is 3.53. The van der Waals surface area contributed by atoms with Gasteiger partial charge in [-0.25, -0.2) is 0 Å². The highest BCUT2D eigenvalue weighted by Gasteiger charge is 2.04. The van der Waals surface area contributed by atoms with E-state index in [9.17, 15) is 0 Å². The summed E-state index contributed by atoms with van der Waals surface area (Å²) in [6.45, 7) is 5.32. The summed E-state index contributed by atoms with van der Waals surface area (Å²) in [5, 5.41) is 3.16. The third kappa shape index (κ3) is 3.15. The standard InChI is InChI=1S/C11H18N2/c1-9(6-7-12-3)11-5-4-10(2)13-8-11/h4-5,8-9,12H,6-7H2,1-3H3. The van der Waals surface area contributed by atoms with Crippen molar-refractivity contribution in [1.29, 1.82) is 0 Å². The first-order valence-corrected chi connectivity index (χ1v) is 4.81. The van der Waals surface area contributed by atoms with Gasteiger partial charge < -0.3 is 5.32 Å². The van der Waals surface area contributed by atoms with Crippen LogP contribution in [0.4, 0.5) is 0 Å². The topological polar surface area (TPSA) is 24.9 Å². The Morgan fingerprint density at radius 1 is 1.46 bits per heavy atom. The van der Waals surface area contributed by atoms with Gasteiger partial charge in [-0.2, -0.15) is 0 Å². The van der Waals surface area contributed by atoms with Crippen molar-refractivity contribution in [1.82, 2.24) is 10.3 Å². The second kappa shape index (κ2) is 4.97. The van der Waals surface area contributed by atoms with Crippen LogP contribution >= 0.6 is 0 Å². The van der Waals surface area contributed by atoms with E-state index in [0.717, 1.165) is 12.2 Å². The van der Waals surface area contributed by atoms with Crippen LogP contribution in [0.3, 0.4) is 0 Å². The number of rotatable bonds is 4. The predicted octanol–water partition coefficient (Wildman–Crippen LogP) is 2.10. The van der Waals surface area contributed by atoms with E-state index >= 15 is 0 Å². The lowest BCUT2D eigenvalue weighted by Gasteiger charge is -2.10. The summed E-state index contributed by atoms with van der Waals surface area (Å²) < 4.78 is 0. The number of hydrogen-bond donors (Lipinski definition) is 1. The van der Waals surface area contributed by atoms with Crippen LogP contribution in [0, 0.1) is 6.92 Å². The summed E-state index contributed by atoms with van der Waals surface area (Å²) in [4.78, 5) is 4.29. The lowest BCUT2D eigenvalue weighted by atomic mass is 9.99. The molecule has 0 fully saturated rings. The molecular weight excluding hydrogens is 160 g/mol. The van der Waals surface area contributed by atoms with Gasteiger partial charge in [0.1, 0.15) is 0 Å². The highest BCUT2D eigenvalue weighted by atomic mass is 14.8. The summed E-state index contributed by atoms with van der Waals surface area (Å²) in [7, 11) is 1.99. The Labute approximate surface area is 80.4 Å². The molecule has 0 saturated heterocycles. The minimum atomic E-state index is 0.598. The van der Waals surface area contributed by atoms with Crippen molar-refractivity contribution >= 4 is 0 Å². The molecule has 0 spiro atoms. The molecule has 0 aromatic carbocycles. The molecule has 1 N–H and O–H groups in total. The van der Waals surface area contributed by atoms with Crippen LogP contribution in [-0.2, 0) is 0 Å². The quantitative estimate of drug-likeness (QED) is 0.763. The predicted molar refractivity (Wildman–Crippen MR) is 55.9 cm³/mol. The lowest BCUT2D eigenvalue weighted by molar-refractivity contribution is 0.634. The highest BCUT2D eigenvalue weighted by Crippen LogP contribution is 2.17. The van der Waals surface area contributed by atoms with Gasteiger partial charge in [-0.05, 0) is 44.5 Å². The third-order valence-corrected chi connectivity index (χ3v) is 2.33. The number of pyridine rings is 1. The molecular formula is C11H18N2. The molecule has 0 saturated carbocycles. The van der Waals surface area contributed by atoms with Gasteiger partial charge in [-0.3, -0.25) is 4.98 Å². The molecule has 13 heavy (non-hydrogen) atoms. The molecule has 1 atom stereocenters. The van der Waals surface area contributed by atoms with Crippen molar-refractivity contribution in [2.45, 2.75) is 26.2 Å². The summed E-state index contributed by atoms with van der Waals surface area (Å²) in [5.74, 6) is 0.598. The van der Waals surface area contributed by atoms with E-state index in [4.69, 9.17) is 0 Å². The first-order valence-electron chi connectivity index (χ1n) is 4.81. The zero-order valence-corrected chi connectivity index (χ0v) is 8.67. The maximum absolute atomic E-state index is 4.29. The van der Waals surface area contributed by atoms with Crippen LogP contribution in [0.25, 0.3) is 0 Å². The van der Waals surface area contributed by atoms with Gasteiger partial charge in [0, 0.05) is 11.9 Å². The maximum atomic E-state index is 4.29. The van der Waals surface area contributed by atoms with Gasteiger partial charge >= 0.3 is 0 Å². The van der Waals surface area contributed by atoms with Crippen LogP contribution in [0.5, 0.6) is 0 Å². The van der Waals surface area contributed by atoms with E-state index in [2.05, 4.69) is 29.4 Å². The van der Waals surface area contributed by atoms with E-state index in [0.29, 0.717) is 5.92 Å². The van der Waals surface area contributed by atoms with Crippen molar-refractivity contribution in [2.24, 2.45) is 0 Å². The minimum absolute atomic E-state index is 0.598. The summed E-state index contributed by atoms with van der Waals surface area (Å²) in [5.41, 5.74) is 2.42. The summed E-state index contributed by atoms with van der Waals surface area (Å²) in [6, 6.07) is 4.24. The van der Waals surface area contributed by atoms with Crippen molar-refractivity contribution < 1.29 is 0 Å². The molecule has 0 bridgehead atoms. The molecule has 0 aliphatic rings. The molecule has 1 rings (SSSR count). The minimum Gasteiger partial charge on any atom is -0.320 e. The fourth-order valence-corrected chi connectivity index (χ4v) is 1.30. The first-order chi connectivity index (χ1) is 6.24. The monoisotopic (exact) mass is 178 g/mol. The molecule has 0 aliphatic carbocycles. The second-order valence-corrected chi connectivity index (χ2v) is 3.53. The zero-order chi connectivity index (χ0) is 9.68. The Morgan fingerprint density at radius 3 is 2.77 bits per heavy atom. The van der Waals surface area contributed by atoms with Crippen molar-refractivity contribution in [2.75, 3.05) is 13.6 Å². The molecule has 2 nitrogen and oxygen atoms in total. The number of nitrogens with zero attached hydrogens (tertiary/aromatic N) is 1. The molecule has 1 unspecified atom stereocenters. The van der Waals surface area contributed by atoms with Gasteiger partial charge in [-0.15, -0.1) is 0 Å². The molecule has 72 valence electrons. The van der Waals surface area contributed by atoms with Crippen LogP contribution in [-0.4, -0.2) is 18.6 Å². The fraction of sp³-hybridized carbons (Fsp3) is 0.545. The van der Waals surface area contributed by atoms with E-state index in [1.165, 1.54) is 12.0 Å². The molecule has 0 amide bonds. The molecule has 0 aliphatic heterocycles. The van der Waals surface area contributed by atoms with Gasteiger partial charge in [0.2, 0.25) is 0 Å². The molecule has 1 aromatic heterocycles. The Bertz CT molecular complexity index is 241. The highest BCUT2D eigenvalue weighted by molar-refractivity contribution is 5.16. The Kier molecular flexibility index (Phi) is 3.90. The number of aryl methyl sites for hydroxylation is 1. The lowest BCUT2D eigenvalue weighted by Crippen LogP contribution is -2.10. The van der Waals surface area contributed by atoms with Gasteiger partial charge in [0.15, 0.2) is 0 Å². The van der Waals surface area contributed by atoms with Crippen LogP contribution in [0.1, 0.15) is 30.5 Å². The van der Waals surface area contributed by atoms with Gasteiger partial charge in [0.25, 0.3) is 0 Å². The largest absolute Gasteiger partial charge is 0.320 e. The number of aromatic nitrogens is 1. The SMILES string of the molecule is CNCCC(C)c1ccc(C)nc1. The zero-order valence-electron chi connectivity index (χ0n) is 8.67. The number of hydrogen-bond acceptors (Lipinski definition) is 2. The first kappa shape index (κ1) is 10.2. The molecule has 1 aromatic rings. The average molecular weight is 178 g/mol. The van der Waals surface area contributed by atoms with Crippen LogP contribution < -0.4 is 5.32 Å². The van der Waals surface area contributed by atoms with E-state index in [-0.39, 0.29) is 0 Å². The molecule has 0 radical (unpaired) electrons. The third-order valence-electron chi connectivity index (χ3n) is 2.33. The smallest absolute Gasteiger partial charge is 0.0372 e. The Morgan fingerprint density at radius 2 is 2.23 bits per heavy atom. The Balaban J connectivity index is 2.55. The normalized spacial score (nSPS) is 12.8. The number of nitrogens with one attached hydrogen (secondary N) is 1. The van der Waals surface area contributed by atoms with Crippen LogP contribution in [0.2, 0.25) is 0 Å². The van der Waals surface area contributed by atoms with Crippen LogP contribution in [0.15, 0.2) is 18.3 Å². The van der Waals surface area contributed by atoms with E-state index < -0.39 is 0 Å². The summed E-state index contributed by atoms with van der Waals surface area (Å²) >= 11 is 0. The molecule has 1 heterocycles. The van der Waals surface area contributed by atoms with Crippen molar-refractivity contribution in [3.8, 4) is 0 Å². The van der Waals surface area contributed by atoms with Crippen molar-refractivity contribution in [3.63, 3.8) is 0 Å². The molecule has 2 heteroatoms. The van der Waals surface area contributed by atoms with Gasteiger partial charge in [-0.1, -0.05) is 13.0 Å². The van der Waals surface area contributed by atoms with E-state index in [1.807, 2.05) is 20.2 Å². The Hall–Kier alpha value is -0.890.